The van der Waals surface area contributed by atoms with Gasteiger partial charge < -0.3 is 15.8 Å². The molecule has 1 aliphatic rings. The number of rotatable bonds is 2. The molecule has 6 nitrogen and oxygen atoms in total. The van der Waals surface area contributed by atoms with Crippen molar-refractivity contribution in [2.45, 2.75) is 31.9 Å². The Labute approximate surface area is 138 Å². The monoisotopic (exact) mass is 340 g/mol. The lowest BCUT2D eigenvalue weighted by Crippen LogP contribution is -2.41. The molecule has 1 aliphatic heterocycles. The zero-order valence-corrected chi connectivity index (χ0v) is 13.8. The van der Waals surface area contributed by atoms with Gasteiger partial charge in [-0.25, -0.2) is 0 Å². The Morgan fingerprint density at radius 1 is 1.50 bits per heavy atom. The molecule has 1 amide bonds. The average Bonchev–Trinajstić information content (AvgIpc) is 2.93. The number of nitrogens with two attached hydrogens (primary N) is 1. The van der Waals surface area contributed by atoms with Gasteiger partial charge in [-0.2, -0.15) is 0 Å². The molecule has 0 saturated carbocycles. The van der Waals surface area contributed by atoms with E-state index in [9.17, 15) is 4.79 Å². The summed E-state index contributed by atoms with van der Waals surface area (Å²) in [5.74, 6) is 0.516. The molecular weight excluding hydrogens is 324 g/mol. The van der Waals surface area contributed by atoms with Crippen molar-refractivity contribution in [1.82, 2.24) is 14.9 Å². The predicted octanol–water partition coefficient (Wildman–Crippen LogP) is 2.57. The van der Waals surface area contributed by atoms with Gasteiger partial charge in [0, 0.05) is 23.1 Å². The van der Waals surface area contributed by atoms with Gasteiger partial charge in [0.25, 0.3) is 5.91 Å². The molecule has 3 rings (SSSR count). The summed E-state index contributed by atoms with van der Waals surface area (Å²) in [4.78, 5) is 12.2. The number of carbonyl (C=O) groups is 1. The summed E-state index contributed by atoms with van der Waals surface area (Å²) in [6.07, 6.45) is 0.659. The third-order valence-electron chi connectivity index (χ3n) is 3.39. The van der Waals surface area contributed by atoms with Gasteiger partial charge in [-0.1, -0.05) is 4.49 Å². The highest BCUT2D eigenvalue weighted by molar-refractivity contribution is 7.03. The molecule has 0 spiro atoms. The fourth-order valence-corrected chi connectivity index (χ4v) is 2.93. The average molecular weight is 341 g/mol. The van der Waals surface area contributed by atoms with Crippen LogP contribution in [0.15, 0.2) is 23.6 Å². The summed E-state index contributed by atoms with van der Waals surface area (Å²) in [5.41, 5.74) is 7.36. The van der Waals surface area contributed by atoms with E-state index in [0.717, 1.165) is 22.8 Å². The van der Waals surface area contributed by atoms with Crippen molar-refractivity contribution in [1.29, 1.82) is 0 Å². The number of hydrogen-bond donors (Lipinski definition) is 2. The maximum absolute atomic E-state index is 12.2. The van der Waals surface area contributed by atoms with Crippen LogP contribution in [-0.4, -0.2) is 21.1 Å². The van der Waals surface area contributed by atoms with Crippen LogP contribution in [0.4, 0.5) is 5.69 Å². The number of nitrogens with one attached hydrogen (secondary N) is 1. The van der Waals surface area contributed by atoms with Crippen LogP contribution in [-0.2, 0) is 0 Å². The first-order valence-corrected chi connectivity index (χ1v) is 7.45. The Kier molecular flexibility index (Phi) is 4.58. The highest BCUT2D eigenvalue weighted by Crippen LogP contribution is 2.40. The van der Waals surface area contributed by atoms with E-state index in [-0.39, 0.29) is 30.0 Å². The van der Waals surface area contributed by atoms with E-state index in [1.54, 1.807) is 11.4 Å². The molecule has 22 heavy (non-hydrogen) atoms. The summed E-state index contributed by atoms with van der Waals surface area (Å²) in [5, 5.41) is 8.41. The van der Waals surface area contributed by atoms with Gasteiger partial charge >= 0.3 is 0 Å². The highest BCUT2D eigenvalue weighted by Gasteiger charge is 2.35. The third kappa shape index (κ3) is 3.31. The first kappa shape index (κ1) is 16.5. The number of halogens is 1. The topological polar surface area (TPSA) is 90.1 Å². The normalized spacial score (nSPS) is 18.5. The van der Waals surface area contributed by atoms with E-state index in [1.165, 1.54) is 0 Å². The van der Waals surface area contributed by atoms with Crippen LogP contribution in [0.1, 0.15) is 42.4 Å². The number of amides is 1. The number of carbonyl (C=O) groups excluding carboxylic acids is 1. The van der Waals surface area contributed by atoms with Gasteiger partial charge in [-0.3, -0.25) is 4.79 Å². The van der Waals surface area contributed by atoms with Gasteiger partial charge in [0.2, 0.25) is 0 Å². The number of fused-ring (bicyclic) bond motifs is 1. The molecule has 1 atom stereocenters. The van der Waals surface area contributed by atoms with Crippen molar-refractivity contribution in [3.8, 4) is 5.75 Å². The largest absolute Gasteiger partial charge is 0.487 e. The van der Waals surface area contributed by atoms with Gasteiger partial charge in [-0.05, 0) is 43.6 Å². The number of benzene rings is 1. The van der Waals surface area contributed by atoms with Gasteiger partial charge in [0.1, 0.15) is 11.4 Å². The number of hydrogen-bond acceptors (Lipinski definition) is 6. The van der Waals surface area contributed by atoms with E-state index in [1.807, 2.05) is 26.0 Å². The second-order valence-electron chi connectivity index (χ2n) is 5.68. The number of nitrogen functional groups attached to an aromatic ring is 1. The van der Waals surface area contributed by atoms with Crippen LogP contribution in [0, 0.1) is 0 Å². The molecule has 0 radical (unpaired) electrons. The number of ether oxygens (including phenoxy) is 1. The molecule has 0 bridgehead atoms. The van der Waals surface area contributed by atoms with E-state index in [0.29, 0.717) is 17.8 Å². The van der Waals surface area contributed by atoms with Crippen LogP contribution in [0.3, 0.4) is 0 Å². The van der Waals surface area contributed by atoms with Gasteiger partial charge in [-0.15, -0.1) is 17.5 Å². The lowest BCUT2D eigenvalue weighted by molar-refractivity contribution is 0.0618. The van der Waals surface area contributed by atoms with Crippen LogP contribution in [0.5, 0.6) is 5.75 Å². The van der Waals surface area contributed by atoms with Crippen LogP contribution < -0.4 is 15.8 Å². The minimum Gasteiger partial charge on any atom is -0.487 e. The minimum absolute atomic E-state index is 0. The molecule has 0 saturated heterocycles. The summed E-state index contributed by atoms with van der Waals surface area (Å²) >= 11 is 1.15. The molecule has 3 N–H and O–H groups in total. The van der Waals surface area contributed by atoms with Crippen molar-refractivity contribution in [3.63, 3.8) is 0 Å². The fraction of sp³-hybridized carbons (Fsp3) is 0.357. The fourth-order valence-electron chi connectivity index (χ4n) is 2.50. The molecule has 1 aromatic carbocycles. The van der Waals surface area contributed by atoms with Crippen molar-refractivity contribution >= 4 is 35.5 Å². The first-order chi connectivity index (χ1) is 9.94. The Balaban J connectivity index is 0.00000176. The zero-order chi connectivity index (χ0) is 15.0. The van der Waals surface area contributed by atoms with Crippen molar-refractivity contribution in [2.24, 2.45) is 0 Å². The molecule has 118 valence electrons. The number of anilines is 1. The van der Waals surface area contributed by atoms with E-state index in [4.69, 9.17) is 10.5 Å². The van der Waals surface area contributed by atoms with Crippen molar-refractivity contribution in [3.05, 3.63) is 34.8 Å². The molecule has 2 aromatic rings. The third-order valence-corrected chi connectivity index (χ3v) is 3.89. The molecule has 1 unspecified atom stereocenters. The summed E-state index contributed by atoms with van der Waals surface area (Å²) in [7, 11) is 0. The summed E-state index contributed by atoms with van der Waals surface area (Å²) in [6, 6.07) is 5.31. The first-order valence-electron chi connectivity index (χ1n) is 6.61. The Morgan fingerprint density at radius 2 is 2.27 bits per heavy atom. The minimum atomic E-state index is -0.360. The van der Waals surface area contributed by atoms with E-state index in [2.05, 4.69) is 14.9 Å². The second kappa shape index (κ2) is 6.10. The Hall–Kier alpha value is -1.86. The quantitative estimate of drug-likeness (QED) is 0.820. The maximum atomic E-state index is 12.2. The summed E-state index contributed by atoms with van der Waals surface area (Å²) < 4.78 is 9.65. The van der Waals surface area contributed by atoms with Gasteiger partial charge in [0.05, 0.1) is 6.04 Å². The number of nitrogens with zero attached hydrogens (tertiary/aromatic N) is 2. The smallest absolute Gasteiger partial charge is 0.273 e. The lowest BCUT2D eigenvalue weighted by Gasteiger charge is -2.37. The maximum Gasteiger partial charge on any atom is 0.273 e. The van der Waals surface area contributed by atoms with Crippen LogP contribution in [0.25, 0.3) is 0 Å². The van der Waals surface area contributed by atoms with E-state index < -0.39 is 0 Å². The molecular formula is C14H17ClN4O2S. The zero-order valence-electron chi connectivity index (χ0n) is 12.2. The lowest BCUT2D eigenvalue weighted by atomic mass is 9.89. The Morgan fingerprint density at radius 3 is 2.95 bits per heavy atom. The number of aromatic nitrogens is 2. The van der Waals surface area contributed by atoms with E-state index >= 15 is 0 Å². The van der Waals surface area contributed by atoms with Crippen LogP contribution >= 0.6 is 23.9 Å². The summed E-state index contributed by atoms with van der Waals surface area (Å²) in [6.45, 7) is 3.99. The molecule has 1 aromatic heterocycles. The highest BCUT2D eigenvalue weighted by atomic mass is 35.5. The second-order valence-corrected chi connectivity index (χ2v) is 6.29. The predicted molar refractivity (Wildman–Crippen MR) is 87.5 cm³/mol. The molecule has 8 heteroatoms. The SMILES string of the molecule is CC1(C)CC(NC(=O)c2csnn2)c2cc(N)ccc2O1.Cl. The van der Waals surface area contributed by atoms with Crippen molar-refractivity contribution < 1.29 is 9.53 Å². The molecule has 2 heterocycles. The standard InChI is InChI=1S/C14H16N4O2S.ClH/c1-14(2)6-10(16-13(19)11-7-21-18-17-11)9-5-8(15)3-4-12(9)20-14;/h3-5,7,10H,6,15H2,1-2H3,(H,16,19);1H. The van der Waals surface area contributed by atoms with Crippen LogP contribution in [0.2, 0.25) is 0 Å². The molecule has 0 aliphatic carbocycles. The Bertz CT molecular complexity index is 675. The van der Waals surface area contributed by atoms with Crippen molar-refractivity contribution in [2.75, 3.05) is 5.73 Å². The van der Waals surface area contributed by atoms with Gasteiger partial charge in [0.15, 0.2) is 5.69 Å². The molecule has 0 fully saturated rings.